The molecule has 0 aliphatic rings. The molecule has 0 saturated heterocycles. The zero-order valence-electron chi connectivity index (χ0n) is 47.6. The van der Waals surface area contributed by atoms with Crippen molar-refractivity contribution in [2.45, 2.75) is 290 Å². The number of phosphoric ester groups is 1. The first-order valence-electron chi connectivity index (χ1n) is 30.2. The van der Waals surface area contributed by atoms with Crippen LogP contribution in [0, 0.1) is 0 Å². The van der Waals surface area contributed by atoms with Gasteiger partial charge in [-0.25, -0.2) is 4.57 Å². The van der Waals surface area contributed by atoms with E-state index < -0.39 is 57.8 Å². The highest BCUT2D eigenvalue weighted by Crippen LogP contribution is 2.43. The molecule has 11 nitrogen and oxygen atoms in total. The Labute approximate surface area is 453 Å². The summed E-state index contributed by atoms with van der Waals surface area (Å²) >= 11 is 0. The first-order chi connectivity index (χ1) is 36.2. The number of phosphoric acid groups is 1. The third kappa shape index (κ3) is 54.0. The second-order valence-electron chi connectivity index (χ2n) is 20.1. The third-order valence-electron chi connectivity index (χ3n) is 12.9. The Morgan fingerprint density at radius 1 is 0.392 bits per heavy atom. The Morgan fingerprint density at radius 2 is 0.703 bits per heavy atom. The molecule has 0 rings (SSSR count). The molecule has 0 fully saturated rings. The van der Waals surface area contributed by atoms with Crippen LogP contribution in [0.5, 0.6) is 0 Å². The van der Waals surface area contributed by atoms with E-state index in [0.717, 1.165) is 122 Å². The molecular weight excluding hydrogens is 952 g/mol. The molecule has 0 bridgehead atoms. The molecule has 2 N–H and O–H groups in total. The predicted octanol–water partition coefficient (Wildman–Crippen LogP) is 17.9. The van der Waals surface area contributed by atoms with Gasteiger partial charge in [-0.1, -0.05) is 216 Å². The van der Waals surface area contributed by atoms with Gasteiger partial charge in [-0.15, -0.1) is 0 Å². The highest BCUT2D eigenvalue weighted by Gasteiger charge is 2.28. The van der Waals surface area contributed by atoms with E-state index in [1.165, 1.54) is 96.3 Å². The number of esters is 3. The number of ether oxygens (including phenoxy) is 3. The van der Waals surface area contributed by atoms with E-state index in [4.69, 9.17) is 23.3 Å². The van der Waals surface area contributed by atoms with Crippen LogP contribution >= 0.6 is 7.82 Å². The number of aliphatic hydroxyl groups excluding tert-OH is 1. The van der Waals surface area contributed by atoms with Crippen LogP contribution in [0.25, 0.3) is 0 Å². The smallest absolute Gasteiger partial charge is 0.462 e. The zero-order chi connectivity index (χ0) is 54.1. The standard InChI is InChI=1S/C62H111O11P/c1-4-7-10-13-16-19-22-25-28-29-32-35-38-41-44-47-50-53-62(66)73-59(55-69-60(64)51-48-45-42-39-36-33-30-26-23-20-17-14-11-8-5-2)57-71-74(67,68)70-56-58(54-63)72-61(65)52-49-46-43-40-37-34-31-27-24-21-18-15-12-9-6-3/h8,11,17,20,25-28,30-31,58-59,63H,4-7,9-10,12-16,18-19,21-24,29,32-57H2,1-3H3,(H,67,68)/b11-8-,20-17-,28-25-,30-26-,31-27-. The zero-order valence-corrected chi connectivity index (χ0v) is 48.5. The molecule has 0 aromatic carbocycles. The van der Waals surface area contributed by atoms with E-state index in [2.05, 4.69) is 81.5 Å². The van der Waals surface area contributed by atoms with Crippen LogP contribution in [-0.2, 0) is 42.2 Å². The van der Waals surface area contributed by atoms with Crippen molar-refractivity contribution < 1.29 is 52.2 Å². The molecule has 3 unspecified atom stereocenters. The Hall–Kier alpha value is -2.82. The van der Waals surface area contributed by atoms with Gasteiger partial charge in [-0.3, -0.25) is 23.4 Å². The molecule has 0 amide bonds. The topological polar surface area (TPSA) is 155 Å². The number of aliphatic hydroxyl groups is 1. The molecule has 0 heterocycles. The Kier molecular flexibility index (Phi) is 54.2. The molecule has 0 aliphatic heterocycles. The summed E-state index contributed by atoms with van der Waals surface area (Å²) in [6.45, 7) is 4.52. The highest BCUT2D eigenvalue weighted by atomic mass is 31.2. The van der Waals surface area contributed by atoms with Gasteiger partial charge in [0.25, 0.3) is 0 Å². The van der Waals surface area contributed by atoms with E-state index in [-0.39, 0.29) is 25.9 Å². The first kappa shape index (κ1) is 71.2. The van der Waals surface area contributed by atoms with Crippen molar-refractivity contribution in [3.05, 3.63) is 60.8 Å². The van der Waals surface area contributed by atoms with Crippen molar-refractivity contribution in [1.82, 2.24) is 0 Å². The van der Waals surface area contributed by atoms with Crippen molar-refractivity contribution in [2.75, 3.05) is 26.4 Å². The Balaban J connectivity index is 4.73. The maximum absolute atomic E-state index is 12.9. The fourth-order valence-electron chi connectivity index (χ4n) is 8.30. The summed E-state index contributed by atoms with van der Waals surface area (Å²) in [5.74, 6) is -1.49. The summed E-state index contributed by atoms with van der Waals surface area (Å²) in [6, 6.07) is 0. The van der Waals surface area contributed by atoms with E-state index in [9.17, 15) is 28.9 Å². The van der Waals surface area contributed by atoms with Crippen LogP contribution in [0.3, 0.4) is 0 Å². The van der Waals surface area contributed by atoms with Crippen LogP contribution in [0.15, 0.2) is 60.8 Å². The summed E-state index contributed by atoms with van der Waals surface area (Å²) < 4.78 is 39.6. The highest BCUT2D eigenvalue weighted by molar-refractivity contribution is 7.47. The lowest BCUT2D eigenvalue weighted by Gasteiger charge is -2.21. The third-order valence-corrected chi connectivity index (χ3v) is 13.8. The number of allylic oxidation sites excluding steroid dienone is 10. The lowest BCUT2D eigenvalue weighted by molar-refractivity contribution is -0.161. The van der Waals surface area contributed by atoms with Gasteiger partial charge in [-0.05, 0) is 103 Å². The lowest BCUT2D eigenvalue weighted by atomic mass is 10.1. The van der Waals surface area contributed by atoms with Gasteiger partial charge in [0.2, 0.25) is 0 Å². The average Bonchev–Trinajstić information content (AvgIpc) is 3.39. The fourth-order valence-corrected chi connectivity index (χ4v) is 9.09. The minimum absolute atomic E-state index is 0.158. The number of rotatable bonds is 56. The molecule has 74 heavy (non-hydrogen) atoms. The molecule has 0 aromatic heterocycles. The van der Waals surface area contributed by atoms with Gasteiger partial charge in [0.1, 0.15) is 12.7 Å². The number of hydrogen-bond donors (Lipinski definition) is 2. The maximum Gasteiger partial charge on any atom is 0.472 e. The van der Waals surface area contributed by atoms with Crippen LogP contribution in [-0.4, -0.2) is 66.5 Å². The van der Waals surface area contributed by atoms with Gasteiger partial charge in [-0.2, -0.15) is 0 Å². The quantitative estimate of drug-likeness (QED) is 0.0197. The van der Waals surface area contributed by atoms with E-state index in [0.29, 0.717) is 19.3 Å². The normalized spacial score (nSPS) is 13.7. The molecular formula is C62H111O11P. The average molecular weight is 1060 g/mol. The summed E-state index contributed by atoms with van der Waals surface area (Å²) in [5.41, 5.74) is 0. The summed E-state index contributed by atoms with van der Waals surface area (Å²) in [7, 11) is -4.76. The maximum atomic E-state index is 12.9. The molecule has 430 valence electrons. The van der Waals surface area contributed by atoms with Crippen molar-refractivity contribution in [1.29, 1.82) is 0 Å². The monoisotopic (exact) mass is 1060 g/mol. The molecule has 0 saturated carbocycles. The van der Waals surface area contributed by atoms with Gasteiger partial charge < -0.3 is 24.2 Å². The minimum Gasteiger partial charge on any atom is -0.462 e. The molecule has 0 radical (unpaired) electrons. The summed E-state index contributed by atoms with van der Waals surface area (Å²) in [5, 5.41) is 9.82. The molecule has 0 spiro atoms. The second-order valence-corrected chi connectivity index (χ2v) is 21.6. The number of carbonyl (C=O) groups is 3. The van der Waals surface area contributed by atoms with Gasteiger partial charge >= 0.3 is 25.7 Å². The molecule has 0 aromatic rings. The Bertz CT molecular complexity index is 1470. The van der Waals surface area contributed by atoms with Crippen LogP contribution < -0.4 is 0 Å². The van der Waals surface area contributed by atoms with Crippen molar-refractivity contribution >= 4 is 25.7 Å². The minimum atomic E-state index is -4.76. The van der Waals surface area contributed by atoms with Crippen molar-refractivity contribution in [3.8, 4) is 0 Å². The number of carbonyl (C=O) groups excluding carboxylic acids is 3. The number of unbranched alkanes of at least 4 members (excludes halogenated alkanes) is 29. The van der Waals surface area contributed by atoms with Crippen LogP contribution in [0.1, 0.15) is 278 Å². The van der Waals surface area contributed by atoms with E-state index >= 15 is 0 Å². The fraction of sp³-hybridized carbons (Fsp3) is 0.790. The first-order valence-corrected chi connectivity index (χ1v) is 31.7. The largest absolute Gasteiger partial charge is 0.472 e. The number of hydrogen-bond acceptors (Lipinski definition) is 10. The van der Waals surface area contributed by atoms with E-state index in [1.807, 2.05) is 0 Å². The van der Waals surface area contributed by atoms with Gasteiger partial charge in [0.05, 0.1) is 19.8 Å². The molecule has 3 atom stereocenters. The van der Waals surface area contributed by atoms with Crippen LogP contribution in [0.2, 0.25) is 0 Å². The second kappa shape index (κ2) is 56.4. The van der Waals surface area contributed by atoms with Gasteiger partial charge in [0.15, 0.2) is 6.10 Å². The van der Waals surface area contributed by atoms with Crippen molar-refractivity contribution in [2.24, 2.45) is 0 Å². The summed E-state index contributed by atoms with van der Waals surface area (Å²) in [6.07, 6.45) is 61.7. The summed E-state index contributed by atoms with van der Waals surface area (Å²) in [4.78, 5) is 48.6. The Morgan fingerprint density at radius 3 is 1.09 bits per heavy atom. The van der Waals surface area contributed by atoms with Gasteiger partial charge in [0, 0.05) is 19.3 Å². The SMILES string of the molecule is CC/C=C\C/C=C\C/C=C\CCCCCCCC(=O)OCC(COP(=O)(O)OCC(CO)OC(=O)CCCCCCC/C=C\CCCCCCCC)OC(=O)CCCCCCCCC/C=C\CCCCCCCC. The van der Waals surface area contributed by atoms with E-state index in [1.54, 1.807) is 0 Å². The molecule has 0 aliphatic carbocycles. The molecule has 12 heteroatoms. The van der Waals surface area contributed by atoms with Crippen LogP contribution in [0.4, 0.5) is 0 Å². The lowest BCUT2D eigenvalue weighted by Crippen LogP contribution is -2.30. The predicted molar refractivity (Wildman–Crippen MR) is 307 cm³/mol. The van der Waals surface area contributed by atoms with Crippen molar-refractivity contribution in [3.63, 3.8) is 0 Å².